The fourth-order valence-electron chi connectivity index (χ4n) is 1.23. The van der Waals surface area contributed by atoms with E-state index in [-0.39, 0.29) is 24.2 Å². The van der Waals surface area contributed by atoms with Crippen molar-refractivity contribution in [2.24, 2.45) is 11.8 Å². The highest BCUT2D eigenvalue weighted by Crippen LogP contribution is 2.26. The summed E-state index contributed by atoms with van der Waals surface area (Å²) < 4.78 is 0.605. The molecular formula is C10H13ClO2S. The van der Waals surface area contributed by atoms with Gasteiger partial charge in [0.25, 0.3) is 0 Å². The highest BCUT2D eigenvalue weighted by molar-refractivity contribution is 7.18. The molecule has 1 heterocycles. The molecule has 0 spiro atoms. The van der Waals surface area contributed by atoms with Crippen LogP contribution in [0.3, 0.4) is 0 Å². The van der Waals surface area contributed by atoms with Crippen LogP contribution in [0.4, 0.5) is 0 Å². The van der Waals surface area contributed by atoms with Gasteiger partial charge in [-0.2, -0.15) is 0 Å². The summed E-state index contributed by atoms with van der Waals surface area (Å²) in [4.78, 5) is 12.5. The molecular weight excluding hydrogens is 220 g/mol. The summed E-state index contributed by atoms with van der Waals surface area (Å²) >= 11 is 7.00. The Morgan fingerprint density at radius 3 is 2.57 bits per heavy atom. The van der Waals surface area contributed by atoms with Crippen molar-refractivity contribution in [2.75, 3.05) is 6.61 Å². The Morgan fingerprint density at radius 1 is 1.57 bits per heavy atom. The Hall–Kier alpha value is -0.380. The van der Waals surface area contributed by atoms with E-state index >= 15 is 0 Å². The van der Waals surface area contributed by atoms with Crippen molar-refractivity contribution in [3.8, 4) is 0 Å². The molecule has 1 aromatic heterocycles. The number of thiophene rings is 1. The molecule has 0 aliphatic heterocycles. The number of rotatable bonds is 4. The fourth-order valence-corrected chi connectivity index (χ4v) is 2.27. The largest absolute Gasteiger partial charge is 0.396 e. The van der Waals surface area contributed by atoms with Crippen LogP contribution >= 0.6 is 22.9 Å². The van der Waals surface area contributed by atoms with Crippen LogP contribution in [0.15, 0.2) is 12.1 Å². The lowest BCUT2D eigenvalue weighted by molar-refractivity contribution is 0.0811. The predicted octanol–water partition coefficient (Wildman–Crippen LogP) is 2.85. The summed E-state index contributed by atoms with van der Waals surface area (Å²) in [5, 5.41) is 9.09. The molecule has 1 N–H and O–H groups in total. The smallest absolute Gasteiger partial charge is 0.178 e. The molecule has 2 nitrogen and oxygen atoms in total. The van der Waals surface area contributed by atoms with Gasteiger partial charge in [-0.1, -0.05) is 25.4 Å². The van der Waals surface area contributed by atoms with Crippen LogP contribution in [0.1, 0.15) is 23.5 Å². The average molecular weight is 233 g/mol. The Morgan fingerprint density at radius 2 is 2.21 bits per heavy atom. The first kappa shape index (κ1) is 11.7. The van der Waals surface area contributed by atoms with Gasteiger partial charge in [0.05, 0.1) is 15.8 Å². The summed E-state index contributed by atoms with van der Waals surface area (Å²) in [6.45, 7) is 3.74. The molecule has 0 radical (unpaired) electrons. The van der Waals surface area contributed by atoms with Crippen LogP contribution < -0.4 is 0 Å². The molecule has 0 saturated heterocycles. The third kappa shape index (κ3) is 2.56. The quantitative estimate of drug-likeness (QED) is 0.811. The minimum Gasteiger partial charge on any atom is -0.396 e. The Balaban J connectivity index is 2.83. The molecule has 14 heavy (non-hydrogen) atoms. The Labute approximate surface area is 92.5 Å². The molecule has 0 bridgehead atoms. The first-order valence-electron chi connectivity index (χ1n) is 4.46. The number of hydrogen-bond acceptors (Lipinski definition) is 3. The summed E-state index contributed by atoms with van der Waals surface area (Å²) in [6.07, 6.45) is 0. The van der Waals surface area contributed by atoms with Gasteiger partial charge in [-0.15, -0.1) is 11.3 Å². The monoisotopic (exact) mass is 232 g/mol. The van der Waals surface area contributed by atoms with Crippen LogP contribution in [0.2, 0.25) is 4.34 Å². The molecule has 1 rings (SSSR count). The second-order valence-corrected chi connectivity index (χ2v) is 5.22. The Kier molecular flexibility index (Phi) is 4.11. The van der Waals surface area contributed by atoms with Gasteiger partial charge in [0.1, 0.15) is 0 Å². The van der Waals surface area contributed by atoms with E-state index in [0.717, 1.165) is 0 Å². The molecule has 0 fully saturated rings. The van der Waals surface area contributed by atoms with E-state index in [4.69, 9.17) is 16.7 Å². The maximum Gasteiger partial charge on any atom is 0.178 e. The minimum absolute atomic E-state index is 0.0144. The van der Waals surface area contributed by atoms with Gasteiger partial charge in [-0.25, -0.2) is 0 Å². The summed E-state index contributed by atoms with van der Waals surface area (Å²) in [5.74, 6) is -0.183. The van der Waals surface area contributed by atoms with E-state index in [1.807, 2.05) is 13.8 Å². The Bertz CT molecular complexity index is 320. The van der Waals surface area contributed by atoms with Crippen molar-refractivity contribution in [1.29, 1.82) is 0 Å². The first-order chi connectivity index (χ1) is 6.56. The lowest BCUT2D eigenvalue weighted by Crippen LogP contribution is -2.23. The van der Waals surface area contributed by atoms with Gasteiger partial charge in [-0.05, 0) is 18.1 Å². The topological polar surface area (TPSA) is 37.3 Å². The number of halogens is 1. The lowest BCUT2D eigenvalue weighted by Gasteiger charge is -2.15. The number of aliphatic hydroxyl groups excluding tert-OH is 1. The van der Waals surface area contributed by atoms with E-state index in [9.17, 15) is 4.79 Å². The predicted molar refractivity (Wildman–Crippen MR) is 59.1 cm³/mol. The number of aliphatic hydroxyl groups is 1. The standard InChI is InChI=1S/C10H13ClO2S/c1-6(2)7(5-12)10(13)8-3-4-9(11)14-8/h3-4,6-7,12H,5H2,1-2H3. The molecule has 1 unspecified atom stereocenters. The number of carbonyl (C=O) groups is 1. The van der Waals surface area contributed by atoms with Crippen LogP contribution in [-0.4, -0.2) is 17.5 Å². The summed E-state index contributed by atoms with van der Waals surface area (Å²) in [6, 6.07) is 3.41. The first-order valence-corrected chi connectivity index (χ1v) is 5.66. The zero-order chi connectivity index (χ0) is 10.7. The minimum atomic E-state index is -0.315. The molecule has 0 aliphatic rings. The van der Waals surface area contributed by atoms with E-state index in [1.165, 1.54) is 11.3 Å². The van der Waals surface area contributed by atoms with Gasteiger partial charge in [0.2, 0.25) is 0 Å². The molecule has 1 aromatic rings. The average Bonchev–Trinajstić information content (AvgIpc) is 2.52. The number of hydrogen-bond donors (Lipinski definition) is 1. The van der Waals surface area contributed by atoms with Crippen molar-refractivity contribution in [1.82, 2.24) is 0 Å². The molecule has 1 atom stereocenters. The van der Waals surface area contributed by atoms with Gasteiger partial charge < -0.3 is 5.11 Å². The van der Waals surface area contributed by atoms with Crippen LogP contribution in [0.5, 0.6) is 0 Å². The summed E-state index contributed by atoms with van der Waals surface area (Å²) in [7, 11) is 0. The van der Waals surface area contributed by atoms with Gasteiger partial charge in [0.15, 0.2) is 5.78 Å². The van der Waals surface area contributed by atoms with Crippen molar-refractivity contribution in [3.63, 3.8) is 0 Å². The second kappa shape index (κ2) is 4.91. The molecule has 4 heteroatoms. The zero-order valence-electron chi connectivity index (χ0n) is 8.16. The third-order valence-electron chi connectivity index (χ3n) is 2.15. The van der Waals surface area contributed by atoms with Crippen molar-refractivity contribution >= 4 is 28.7 Å². The van der Waals surface area contributed by atoms with E-state index in [1.54, 1.807) is 12.1 Å². The molecule has 0 aliphatic carbocycles. The third-order valence-corrected chi connectivity index (χ3v) is 3.40. The summed E-state index contributed by atoms with van der Waals surface area (Å²) in [5.41, 5.74) is 0. The van der Waals surface area contributed by atoms with Crippen LogP contribution in [-0.2, 0) is 0 Å². The van der Waals surface area contributed by atoms with E-state index < -0.39 is 0 Å². The fraction of sp³-hybridized carbons (Fsp3) is 0.500. The maximum absolute atomic E-state index is 11.8. The SMILES string of the molecule is CC(C)C(CO)C(=O)c1ccc(Cl)s1. The van der Waals surface area contributed by atoms with Crippen LogP contribution in [0, 0.1) is 11.8 Å². The number of carbonyl (C=O) groups excluding carboxylic acids is 1. The van der Waals surface area contributed by atoms with Crippen LogP contribution in [0.25, 0.3) is 0 Å². The van der Waals surface area contributed by atoms with Crippen molar-refractivity contribution < 1.29 is 9.90 Å². The van der Waals surface area contributed by atoms with Crippen molar-refractivity contribution in [3.05, 3.63) is 21.3 Å². The van der Waals surface area contributed by atoms with Gasteiger partial charge in [-0.3, -0.25) is 4.79 Å². The number of Topliss-reactive ketones (excluding diaryl/α,β-unsaturated/α-hetero) is 1. The molecule has 0 aromatic carbocycles. The molecule has 78 valence electrons. The maximum atomic E-state index is 11.8. The highest BCUT2D eigenvalue weighted by Gasteiger charge is 2.23. The second-order valence-electron chi connectivity index (χ2n) is 3.50. The molecule has 0 amide bonds. The number of ketones is 1. The zero-order valence-corrected chi connectivity index (χ0v) is 9.73. The lowest BCUT2D eigenvalue weighted by atomic mass is 9.92. The highest BCUT2D eigenvalue weighted by atomic mass is 35.5. The van der Waals surface area contributed by atoms with E-state index in [2.05, 4.69) is 0 Å². The van der Waals surface area contributed by atoms with Crippen molar-refractivity contribution in [2.45, 2.75) is 13.8 Å². The van der Waals surface area contributed by atoms with E-state index in [0.29, 0.717) is 9.21 Å². The van der Waals surface area contributed by atoms with Gasteiger partial charge in [0, 0.05) is 5.92 Å². The molecule has 0 saturated carbocycles. The normalized spacial score (nSPS) is 13.2. The van der Waals surface area contributed by atoms with Gasteiger partial charge >= 0.3 is 0 Å².